The Balaban J connectivity index is 2.24. The zero-order valence-electron chi connectivity index (χ0n) is 11.2. The van der Waals surface area contributed by atoms with E-state index in [9.17, 15) is 4.79 Å². The smallest absolute Gasteiger partial charge is 0.283 e. The number of ether oxygens (including phenoxy) is 2. The average molecular weight is 267 g/mol. The van der Waals surface area contributed by atoms with Gasteiger partial charge in [0.15, 0.2) is 0 Å². The molecule has 6 heteroatoms. The highest BCUT2D eigenvalue weighted by Crippen LogP contribution is 2.01. The van der Waals surface area contributed by atoms with Crippen LogP contribution in [0.2, 0.25) is 0 Å². The molecular formula is C13H21N3O3. The summed E-state index contributed by atoms with van der Waals surface area (Å²) < 4.78 is 10.8. The SMILES string of the molecule is CCCCOCCOCc1cccc(C(=O)NN)n1. The number of nitrogens with one attached hydrogen (secondary N) is 1. The summed E-state index contributed by atoms with van der Waals surface area (Å²) in [7, 11) is 0. The fourth-order valence-electron chi connectivity index (χ4n) is 1.40. The number of amides is 1. The number of rotatable bonds is 9. The van der Waals surface area contributed by atoms with E-state index in [4.69, 9.17) is 15.3 Å². The summed E-state index contributed by atoms with van der Waals surface area (Å²) in [6.45, 7) is 4.32. The first-order valence-electron chi connectivity index (χ1n) is 6.40. The monoisotopic (exact) mass is 267 g/mol. The first-order chi connectivity index (χ1) is 9.27. The summed E-state index contributed by atoms with van der Waals surface area (Å²) >= 11 is 0. The third-order valence-electron chi connectivity index (χ3n) is 2.43. The molecule has 0 bridgehead atoms. The first kappa shape index (κ1) is 15.6. The van der Waals surface area contributed by atoms with Crippen molar-refractivity contribution in [2.24, 2.45) is 5.84 Å². The topological polar surface area (TPSA) is 86.5 Å². The fraction of sp³-hybridized carbons (Fsp3) is 0.538. The van der Waals surface area contributed by atoms with Crippen molar-refractivity contribution >= 4 is 5.91 Å². The number of nitrogens with zero attached hydrogens (tertiary/aromatic N) is 1. The van der Waals surface area contributed by atoms with Gasteiger partial charge in [-0.3, -0.25) is 10.2 Å². The molecule has 0 aromatic carbocycles. The van der Waals surface area contributed by atoms with Gasteiger partial charge in [-0.1, -0.05) is 19.4 Å². The Hall–Kier alpha value is -1.50. The predicted molar refractivity (Wildman–Crippen MR) is 71.3 cm³/mol. The van der Waals surface area contributed by atoms with Crippen molar-refractivity contribution in [1.29, 1.82) is 0 Å². The molecule has 0 aliphatic rings. The van der Waals surface area contributed by atoms with Gasteiger partial charge in [-0.2, -0.15) is 0 Å². The quantitative estimate of drug-likeness (QED) is 0.302. The lowest BCUT2D eigenvalue weighted by Gasteiger charge is -2.06. The van der Waals surface area contributed by atoms with Gasteiger partial charge < -0.3 is 9.47 Å². The van der Waals surface area contributed by atoms with Gasteiger partial charge in [0.05, 0.1) is 25.5 Å². The van der Waals surface area contributed by atoms with Gasteiger partial charge in [0.2, 0.25) is 0 Å². The van der Waals surface area contributed by atoms with Crippen LogP contribution in [-0.4, -0.2) is 30.7 Å². The van der Waals surface area contributed by atoms with Crippen LogP contribution in [0, 0.1) is 0 Å². The molecule has 0 atom stereocenters. The Bertz CT molecular complexity index is 385. The summed E-state index contributed by atoms with van der Waals surface area (Å²) in [5.74, 6) is 4.63. The molecule has 19 heavy (non-hydrogen) atoms. The number of nitrogens with two attached hydrogens (primary N) is 1. The van der Waals surface area contributed by atoms with Crippen molar-refractivity contribution in [3.8, 4) is 0 Å². The summed E-state index contributed by atoms with van der Waals surface area (Å²) in [4.78, 5) is 15.4. The molecule has 3 N–H and O–H groups in total. The standard InChI is InChI=1S/C13H21N3O3/c1-2-3-7-18-8-9-19-10-11-5-4-6-12(15-11)13(17)16-14/h4-6H,2-3,7-10,14H2,1H3,(H,16,17). The predicted octanol–water partition coefficient (Wildman–Crippen LogP) is 1.02. The van der Waals surface area contributed by atoms with Gasteiger partial charge in [0.25, 0.3) is 5.91 Å². The second kappa shape index (κ2) is 9.43. The second-order valence-corrected chi connectivity index (χ2v) is 4.01. The fourth-order valence-corrected chi connectivity index (χ4v) is 1.40. The molecule has 1 aromatic heterocycles. The number of unbranched alkanes of at least 4 members (excludes halogenated alkanes) is 1. The van der Waals surface area contributed by atoms with E-state index in [2.05, 4.69) is 11.9 Å². The minimum atomic E-state index is -0.412. The summed E-state index contributed by atoms with van der Waals surface area (Å²) in [6.07, 6.45) is 2.19. The van der Waals surface area contributed by atoms with E-state index >= 15 is 0 Å². The van der Waals surface area contributed by atoms with Crippen LogP contribution in [0.1, 0.15) is 35.9 Å². The van der Waals surface area contributed by atoms with Gasteiger partial charge in [-0.25, -0.2) is 10.8 Å². The van der Waals surface area contributed by atoms with Crippen LogP contribution in [0.25, 0.3) is 0 Å². The van der Waals surface area contributed by atoms with Crippen LogP contribution in [0.3, 0.4) is 0 Å². The molecule has 106 valence electrons. The van der Waals surface area contributed by atoms with E-state index in [-0.39, 0.29) is 5.69 Å². The number of carbonyl (C=O) groups is 1. The number of nitrogen functional groups attached to an aromatic ring is 1. The highest BCUT2D eigenvalue weighted by molar-refractivity contribution is 5.91. The van der Waals surface area contributed by atoms with Crippen LogP contribution in [0.15, 0.2) is 18.2 Å². The number of carbonyl (C=O) groups excluding carboxylic acids is 1. The third-order valence-corrected chi connectivity index (χ3v) is 2.43. The lowest BCUT2D eigenvalue weighted by molar-refractivity contribution is 0.0385. The van der Waals surface area contributed by atoms with Crippen molar-refractivity contribution < 1.29 is 14.3 Å². The molecule has 0 aliphatic carbocycles. The van der Waals surface area contributed by atoms with Crippen molar-refractivity contribution in [3.63, 3.8) is 0 Å². The molecule has 0 saturated carbocycles. The van der Waals surface area contributed by atoms with Crippen LogP contribution in [-0.2, 0) is 16.1 Å². The van der Waals surface area contributed by atoms with Gasteiger partial charge in [0.1, 0.15) is 5.69 Å². The molecule has 0 radical (unpaired) electrons. The molecular weight excluding hydrogens is 246 g/mol. The van der Waals surface area contributed by atoms with E-state index in [1.165, 1.54) is 0 Å². The van der Waals surface area contributed by atoms with E-state index in [0.29, 0.717) is 25.5 Å². The highest BCUT2D eigenvalue weighted by atomic mass is 16.5. The van der Waals surface area contributed by atoms with Crippen LogP contribution >= 0.6 is 0 Å². The number of hydrogen-bond donors (Lipinski definition) is 2. The van der Waals surface area contributed by atoms with E-state index < -0.39 is 5.91 Å². The van der Waals surface area contributed by atoms with Gasteiger partial charge in [0, 0.05) is 6.61 Å². The molecule has 0 saturated heterocycles. The van der Waals surface area contributed by atoms with E-state index in [1.54, 1.807) is 18.2 Å². The zero-order valence-corrected chi connectivity index (χ0v) is 11.2. The molecule has 6 nitrogen and oxygen atoms in total. The van der Waals surface area contributed by atoms with Crippen LogP contribution in [0.5, 0.6) is 0 Å². The molecule has 0 fully saturated rings. The summed E-state index contributed by atoms with van der Waals surface area (Å²) in [6, 6.07) is 5.14. The molecule has 1 heterocycles. The Morgan fingerprint density at radius 2 is 2.11 bits per heavy atom. The van der Waals surface area contributed by atoms with Gasteiger partial charge >= 0.3 is 0 Å². The van der Waals surface area contributed by atoms with Crippen LogP contribution < -0.4 is 11.3 Å². The Morgan fingerprint density at radius 1 is 1.32 bits per heavy atom. The normalized spacial score (nSPS) is 10.4. The number of hydrogen-bond acceptors (Lipinski definition) is 5. The maximum atomic E-state index is 11.3. The highest BCUT2D eigenvalue weighted by Gasteiger charge is 2.05. The lowest BCUT2D eigenvalue weighted by Crippen LogP contribution is -2.30. The van der Waals surface area contributed by atoms with E-state index in [0.717, 1.165) is 19.4 Å². The lowest BCUT2D eigenvalue weighted by atomic mass is 10.3. The maximum Gasteiger partial charge on any atom is 0.283 e. The van der Waals surface area contributed by atoms with Gasteiger partial charge in [-0.05, 0) is 18.6 Å². The number of aromatic nitrogens is 1. The third kappa shape index (κ3) is 6.28. The molecule has 1 aromatic rings. The molecule has 0 aliphatic heterocycles. The largest absolute Gasteiger partial charge is 0.379 e. The van der Waals surface area contributed by atoms with Crippen molar-refractivity contribution in [2.45, 2.75) is 26.4 Å². The molecule has 1 amide bonds. The van der Waals surface area contributed by atoms with E-state index in [1.807, 2.05) is 5.43 Å². The number of hydrazine groups is 1. The number of pyridine rings is 1. The average Bonchev–Trinajstić information content (AvgIpc) is 2.46. The van der Waals surface area contributed by atoms with Gasteiger partial charge in [-0.15, -0.1) is 0 Å². The summed E-state index contributed by atoms with van der Waals surface area (Å²) in [5, 5.41) is 0. The van der Waals surface area contributed by atoms with Crippen molar-refractivity contribution in [1.82, 2.24) is 10.4 Å². The minimum Gasteiger partial charge on any atom is -0.379 e. The Morgan fingerprint density at radius 3 is 2.84 bits per heavy atom. The minimum absolute atomic E-state index is 0.280. The maximum absolute atomic E-state index is 11.3. The van der Waals surface area contributed by atoms with Crippen molar-refractivity contribution in [3.05, 3.63) is 29.6 Å². The Kier molecular flexibility index (Phi) is 7.72. The zero-order chi connectivity index (χ0) is 13.9. The summed E-state index contributed by atoms with van der Waals surface area (Å²) in [5.41, 5.74) is 3.01. The molecule has 0 spiro atoms. The second-order valence-electron chi connectivity index (χ2n) is 4.01. The Labute approximate surface area is 113 Å². The van der Waals surface area contributed by atoms with Crippen molar-refractivity contribution in [2.75, 3.05) is 19.8 Å². The first-order valence-corrected chi connectivity index (χ1v) is 6.40. The molecule has 0 unspecified atom stereocenters. The molecule has 1 rings (SSSR count). The van der Waals surface area contributed by atoms with Crippen LogP contribution in [0.4, 0.5) is 0 Å².